The Morgan fingerprint density at radius 1 is 1.16 bits per heavy atom. The molecule has 1 fully saturated rings. The van der Waals surface area contributed by atoms with Gasteiger partial charge in [0.2, 0.25) is 5.88 Å². The predicted octanol–water partition coefficient (Wildman–Crippen LogP) is 7.36. The Morgan fingerprint density at radius 2 is 1.97 bits per heavy atom. The molecular formula is C26H22BrCl2N5O3S. The first-order valence-corrected chi connectivity index (χ1v) is 14.4. The van der Waals surface area contributed by atoms with Crippen molar-refractivity contribution in [3.63, 3.8) is 0 Å². The van der Waals surface area contributed by atoms with Crippen LogP contribution in [-0.4, -0.2) is 33.1 Å². The first-order chi connectivity index (χ1) is 18.4. The summed E-state index contributed by atoms with van der Waals surface area (Å²) in [5.41, 5.74) is 0.630. The van der Waals surface area contributed by atoms with E-state index in [2.05, 4.69) is 36.6 Å². The number of halogens is 3. The van der Waals surface area contributed by atoms with Gasteiger partial charge in [0, 0.05) is 33.7 Å². The van der Waals surface area contributed by atoms with E-state index >= 15 is 0 Å². The molecule has 8 nitrogen and oxygen atoms in total. The Morgan fingerprint density at radius 3 is 2.71 bits per heavy atom. The second kappa shape index (κ2) is 11.9. The molecule has 0 saturated heterocycles. The van der Waals surface area contributed by atoms with E-state index in [9.17, 15) is 9.59 Å². The lowest BCUT2D eigenvalue weighted by Gasteiger charge is -2.16. The molecule has 0 spiro atoms. The van der Waals surface area contributed by atoms with E-state index in [1.807, 2.05) is 10.8 Å². The zero-order valence-electron chi connectivity index (χ0n) is 19.9. The molecule has 3 aromatic heterocycles. The highest BCUT2D eigenvalue weighted by Gasteiger charge is 2.24. The Labute approximate surface area is 241 Å². The van der Waals surface area contributed by atoms with Gasteiger partial charge in [-0.3, -0.25) is 9.59 Å². The summed E-state index contributed by atoms with van der Waals surface area (Å²) in [6.07, 6.45) is 6.10. The Bertz CT molecular complexity index is 1470. The van der Waals surface area contributed by atoms with Crippen LogP contribution in [0.25, 0.3) is 5.82 Å². The molecule has 38 heavy (non-hydrogen) atoms. The molecule has 2 amide bonds. The van der Waals surface area contributed by atoms with E-state index < -0.39 is 5.91 Å². The van der Waals surface area contributed by atoms with Gasteiger partial charge in [0.25, 0.3) is 11.8 Å². The van der Waals surface area contributed by atoms with E-state index in [0.29, 0.717) is 32.7 Å². The van der Waals surface area contributed by atoms with E-state index in [4.69, 9.17) is 27.9 Å². The highest BCUT2D eigenvalue weighted by atomic mass is 79.9. The lowest BCUT2D eigenvalue weighted by atomic mass is 10.1. The standard InChI is InChI=1S/C26H22BrCl2N5O3S/c27-19-11-16(28)10-18(25(35)31-13-15-4-1-2-5-15)23(19)32-26(36)21-12-22(37-17-7-9-38-14-17)33-34(21)24-20(29)6-3-8-30-24/h3,6-12,14-15H,1-2,4-5,13H2,(H,31,35)(H,32,36). The lowest BCUT2D eigenvalue weighted by molar-refractivity contribution is 0.0948. The summed E-state index contributed by atoms with van der Waals surface area (Å²) < 4.78 is 7.59. The average Bonchev–Trinajstić information content (AvgIpc) is 3.67. The summed E-state index contributed by atoms with van der Waals surface area (Å²) in [4.78, 5) is 31.1. The second-order valence-corrected chi connectivity index (χ2v) is 11.3. The van der Waals surface area contributed by atoms with Gasteiger partial charge in [0.05, 0.1) is 16.3 Å². The first kappa shape index (κ1) is 26.7. The summed E-state index contributed by atoms with van der Waals surface area (Å²) in [5, 5.41) is 14.6. The monoisotopic (exact) mass is 633 g/mol. The van der Waals surface area contributed by atoms with Crippen molar-refractivity contribution in [1.29, 1.82) is 0 Å². The van der Waals surface area contributed by atoms with Crippen molar-refractivity contribution in [1.82, 2.24) is 20.1 Å². The number of benzene rings is 1. The van der Waals surface area contributed by atoms with Crippen molar-refractivity contribution < 1.29 is 14.3 Å². The van der Waals surface area contributed by atoms with Crippen LogP contribution in [0.5, 0.6) is 11.6 Å². The first-order valence-electron chi connectivity index (χ1n) is 11.9. The van der Waals surface area contributed by atoms with Crippen molar-refractivity contribution in [2.24, 2.45) is 5.92 Å². The topological polar surface area (TPSA) is 98.1 Å². The molecule has 3 heterocycles. The van der Waals surface area contributed by atoms with Gasteiger partial charge in [-0.1, -0.05) is 36.0 Å². The summed E-state index contributed by atoms with van der Waals surface area (Å²) >= 11 is 17.6. The van der Waals surface area contributed by atoms with Gasteiger partial charge >= 0.3 is 0 Å². The molecule has 4 aromatic rings. The largest absolute Gasteiger partial charge is 0.437 e. The van der Waals surface area contributed by atoms with Gasteiger partial charge < -0.3 is 15.4 Å². The van der Waals surface area contributed by atoms with Crippen molar-refractivity contribution in [2.75, 3.05) is 11.9 Å². The van der Waals surface area contributed by atoms with Crippen molar-refractivity contribution in [2.45, 2.75) is 25.7 Å². The summed E-state index contributed by atoms with van der Waals surface area (Å²) in [7, 11) is 0. The van der Waals surface area contributed by atoms with Gasteiger partial charge in [-0.25, -0.2) is 9.67 Å². The minimum Gasteiger partial charge on any atom is -0.437 e. The number of hydrogen-bond acceptors (Lipinski definition) is 6. The summed E-state index contributed by atoms with van der Waals surface area (Å²) in [6.45, 7) is 0.574. The molecule has 0 atom stereocenters. The number of nitrogens with one attached hydrogen (secondary N) is 2. The number of thiophene rings is 1. The van der Waals surface area contributed by atoms with Crippen molar-refractivity contribution >= 4 is 68.0 Å². The van der Waals surface area contributed by atoms with Crippen LogP contribution in [0, 0.1) is 5.92 Å². The maximum atomic E-state index is 13.6. The third-order valence-electron chi connectivity index (χ3n) is 6.14. The second-order valence-electron chi connectivity index (χ2n) is 8.77. The van der Waals surface area contributed by atoms with Crippen LogP contribution in [0.3, 0.4) is 0 Å². The van der Waals surface area contributed by atoms with Gasteiger partial charge in [0.15, 0.2) is 5.82 Å². The highest BCUT2D eigenvalue weighted by molar-refractivity contribution is 9.10. The lowest BCUT2D eigenvalue weighted by Crippen LogP contribution is -2.29. The molecule has 1 saturated carbocycles. The molecular weight excluding hydrogens is 613 g/mol. The highest BCUT2D eigenvalue weighted by Crippen LogP contribution is 2.33. The molecule has 12 heteroatoms. The fourth-order valence-electron chi connectivity index (χ4n) is 4.30. The van der Waals surface area contributed by atoms with Gasteiger partial charge in [-0.05, 0) is 70.4 Å². The fourth-order valence-corrected chi connectivity index (χ4v) is 5.96. The zero-order valence-corrected chi connectivity index (χ0v) is 23.8. The molecule has 1 aliphatic rings. The third kappa shape index (κ3) is 6.04. The quantitative estimate of drug-likeness (QED) is 0.211. The number of carbonyl (C=O) groups is 2. The number of ether oxygens (including phenoxy) is 1. The van der Waals surface area contributed by atoms with Crippen LogP contribution in [0.15, 0.2) is 57.8 Å². The summed E-state index contributed by atoms with van der Waals surface area (Å²) in [5.74, 6) is 0.605. The van der Waals surface area contributed by atoms with Gasteiger partial charge in [-0.2, -0.15) is 0 Å². The van der Waals surface area contributed by atoms with Gasteiger partial charge in [0.1, 0.15) is 11.4 Å². The molecule has 1 aromatic carbocycles. The predicted molar refractivity (Wildman–Crippen MR) is 152 cm³/mol. The number of pyridine rings is 1. The van der Waals surface area contributed by atoms with Crippen molar-refractivity contribution in [3.05, 3.63) is 79.1 Å². The number of rotatable bonds is 8. The van der Waals surface area contributed by atoms with E-state index in [-0.39, 0.29) is 34.5 Å². The summed E-state index contributed by atoms with van der Waals surface area (Å²) in [6, 6.07) is 9.75. The van der Waals surface area contributed by atoms with Crippen LogP contribution in [-0.2, 0) is 0 Å². The number of aromatic nitrogens is 3. The van der Waals surface area contributed by atoms with Crippen molar-refractivity contribution in [3.8, 4) is 17.4 Å². The fraction of sp³-hybridized carbons (Fsp3) is 0.231. The third-order valence-corrected chi connectivity index (χ3v) is 7.94. The molecule has 0 aliphatic heterocycles. The molecule has 0 unspecified atom stereocenters. The van der Waals surface area contributed by atoms with Crippen LogP contribution in [0.2, 0.25) is 10.0 Å². The number of hydrogen-bond donors (Lipinski definition) is 2. The minimum atomic E-state index is -0.549. The Hall–Kier alpha value is -2.92. The molecule has 5 rings (SSSR count). The van der Waals surface area contributed by atoms with E-state index in [0.717, 1.165) is 12.8 Å². The molecule has 1 aliphatic carbocycles. The van der Waals surface area contributed by atoms with E-state index in [1.54, 1.807) is 30.5 Å². The molecule has 0 bridgehead atoms. The molecule has 0 radical (unpaired) electrons. The minimum absolute atomic E-state index is 0.106. The number of anilines is 1. The average molecular weight is 635 g/mol. The Kier molecular flexibility index (Phi) is 8.32. The smallest absolute Gasteiger partial charge is 0.274 e. The normalized spacial score (nSPS) is 13.4. The van der Waals surface area contributed by atoms with Crippen LogP contribution >= 0.6 is 50.5 Å². The molecule has 196 valence electrons. The maximum Gasteiger partial charge on any atom is 0.274 e. The SMILES string of the molecule is O=C(NCC1CCCC1)c1cc(Cl)cc(Br)c1NC(=O)c1cc(Oc2ccsc2)nn1-c1ncccc1Cl. The van der Waals surface area contributed by atoms with Crippen LogP contribution in [0.4, 0.5) is 5.69 Å². The Balaban J connectivity index is 1.46. The number of nitrogens with zero attached hydrogens (tertiary/aromatic N) is 3. The van der Waals surface area contributed by atoms with E-state index in [1.165, 1.54) is 41.0 Å². The number of carbonyl (C=O) groups excluding carboxylic acids is 2. The zero-order chi connectivity index (χ0) is 26.6. The van der Waals surface area contributed by atoms with Gasteiger partial charge in [-0.15, -0.1) is 16.4 Å². The maximum absolute atomic E-state index is 13.6. The van der Waals surface area contributed by atoms with Crippen LogP contribution < -0.4 is 15.4 Å². The number of amides is 2. The van der Waals surface area contributed by atoms with Crippen LogP contribution in [0.1, 0.15) is 46.5 Å². The molecule has 2 N–H and O–H groups in total.